The molecule has 3 aliphatic heterocycles. The largest absolute Gasteiger partial charge is 0.497 e. The summed E-state index contributed by atoms with van der Waals surface area (Å²) in [6.45, 7) is 24.1. The summed E-state index contributed by atoms with van der Waals surface area (Å²) in [5.41, 5.74) is 10.1. The number of anilines is 2. The number of halogens is 1. The van der Waals surface area contributed by atoms with Gasteiger partial charge in [-0.15, -0.1) is 0 Å². The number of nitrogens with two attached hydrogens (primary N) is 2. The van der Waals surface area contributed by atoms with E-state index in [1.54, 1.807) is 0 Å². The Balaban J connectivity index is 0.000000253. The van der Waals surface area contributed by atoms with Crippen LogP contribution in [0.2, 0.25) is 0 Å². The molecule has 2 aromatic heterocycles. The predicted octanol–water partition coefficient (Wildman–Crippen LogP) is 5.02. The fourth-order valence-corrected chi connectivity index (χ4v) is 4.58. The molecule has 3 aliphatic rings. The normalized spacial score (nSPS) is 22.1. The molecule has 0 aromatic carbocycles. The number of aromatic nitrogens is 2. The third-order valence-corrected chi connectivity index (χ3v) is 9.98. The first-order chi connectivity index (χ1) is 20.9. The van der Waals surface area contributed by atoms with Gasteiger partial charge in [0.2, 0.25) is 0 Å². The second-order valence-corrected chi connectivity index (χ2v) is 15.2. The second-order valence-electron chi connectivity index (χ2n) is 14.3. The molecule has 2 aromatic rings. The molecule has 12 nitrogen and oxygen atoms in total. The van der Waals surface area contributed by atoms with Gasteiger partial charge in [0.1, 0.15) is 17.7 Å². The van der Waals surface area contributed by atoms with E-state index in [9.17, 15) is 0 Å². The van der Waals surface area contributed by atoms with Crippen molar-refractivity contribution in [3.05, 3.63) is 40.1 Å². The van der Waals surface area contributed by atoms with Crippen molar-refractivity contribution in [1.29, 1.82) is 10.5 Å². The van der Waals surface area contributed by atoms with Crippen molar-refractivity contribution >= 4 is 54.2 Å². The molecule has 0 saturated carbocycles. The number of hydrogen-bond acceptors (Lipinski definition) is 12. The lowest BCUT2D eigenvalue weighted by atomic mass is 9.49. The van der Waals surface area contributed by atoms with Gasteiger partial charge in [-0.2, -0.15) is 10.5 Å². The number of hydrogen-bond donors (Lipinski definition) is 2. The lowest BCUT2D eigenvalue weighted by Gasteiger charge is -2.32. The quantitative estimate of drug-likeness (QED) is 0.398. The Morgan fingerprint density at radius 2 is 0.915 bits per heavy atom. The maximum atomic E-state index is 9.12. The number of nitrogen functional groups attached to an aromatic ring is 2. The Morgan fingerprint density at radius 1 is 0.596 bits per heavy atom. The zero-order chi connectivity index (χ0) is 35.1. The summed E-state index contributed by atoms with van der Waals surface area (Å²) in [6.07, 6.45) is 3.05. The molecule has 0 unspecified atom stereocenters. The Hall–Kier alpha value is -2.69. The average Bonchev–Trinajstić information content (AvgIpc) is 3.39. The lowest BCUT2D eigenvalue weighted by molar-refractivity contribution is 0.00578. The maximum Gasteiger partial charge on any atom is 0.497 e. The van der Waals surface area contributed by atoms with Crippen LogP contribution in [0.1, 0.15) is 102 Å². The molecular weight excluding hydrogens is 665 g/mol. The van der Waals surface area contributed by atoms with Crippen molar-refractivity contribution in [1.82, 2.24) is 9.97 Å². The van der Waals surface area contributed by atoms with Crippen LogP contribution in [0.25, 0.3) is 0 Å². The van der Waals surface area contributed by atoms with E-state index in [4.69, 9.17) is 49.9 Å². The molecule has 0 bridgehead atoms. The van der Waals surface area contributed by atoms with Crippen LogP contribution in [-0.2, 0) is 27.9 Å². The predicted molar refractivity (Wildman–Crippen MR) is 189 cm³/mol. The molecule has 0 spiro atoms. The molecule has 0 aliphatic carbocycles. The molecule has 16 heteroatoms. The fraction of sp³-hybridized carbons (Fsp3) is 0.613. The first-order valence-corrected chi connectivity index (χ1v) is 15.7. The van der Waals surface area contributed by atoms with Crippen molar-refractivity contribution in [2.24, 2.45) is 0 Å². The van der Waals surface area contributed by atoms with E-state index in [0.717, 1.165) is 0 Å². The van der Waals surface area contributed by atoms with Gasteiger partial charge in [-0.05, 0) is 111 Å². The van der Waals surface area contributed by atoms with Crippen molar-refractivity contribution in [3.8, 4) is 12.1 Å². The molecule has 5 rings (SSSR count). The summed E-state index contributed by atoms with van der Waals surface area (Å²) >= 11 is 3.15. The van der Waals surface area contributed by atoms with Gasteiger partial charge >= 0.3 is 21.1 Å². The third kappa shape index (κ3) is 8.68. The number of pyridine rings is 2. The van der Waals surface area contributed by atoms with E-state index < -0.39 is 32.3 Å². The number of rotatable bonds is 2. The molecule has 47 heavy (non-hydrogen) atoms. The molecule has 254 valence electrons. The topological polar surface area (TPSA) is 181 Å². The van der Waals surface area contributed by atoms with E-state index in [1.165, 1.54) is 24.5 Å². The fourth-order valence-electron chi connectivity index (χ4n) is 4.28. The van der Waals surface area contributed by atoms with Gasteiger partial charge in [0.05, 0.1) is 55.3 Å². The zero-order valence-electron chi connectivity index (χ0n) is 28.8. The second kappa shape index (κ2) is 14.0. The minimum absolute atomic E-state index is 0. The highest BCUT2D eigenvalue weighted by Gasteiger charge is 2.63. The first-order valence-electron chi connectivity index (χ1n) is 14.9. The van der Waals surface area contributed by atoms with Crippen LogP contribution < -0.4 is 16.9 Å². The molecule has 4 N–H and O–H groups in total. The molecular formula is C31H48B3BrN6O6. The van der Waals surface area contributed by atoms with Crippen LogP contribution in [0.3, 0.4) is 0 Å². The van der Waals surface area contributed by atoms with Crippen molar-refractivity contribution < 1.29 is 27.9 Å². The minimum atomic E-state index is -0.585. The summed E-state index contributed by atoms with van der Waals surface area (Å²) in [7, 11) is -1.54. The maximum absolute atomic E-state index is 9.12. The van der Waals surface area contributed by atoms with Crippen molar-refractivity contribution in [2.45, 2.75) is 124 Å². The third-order valence-electron chi connectivity index (χ3n) is 9.35. The van der Waals surface area contributed by atoms with Gasteiger partial charge in [0.25, 0.3) is 0 Å². The Kier molecular flexibility index (Phi) is 12.1. The highest BCUT2D eigenvalue weighted by atomic mass is 79.9. The van der Waals surface area contributed by atoms with Gasteiger partial charge in [-0.25, -0.2) is 9.97 Å². The van der Waals surface area contributed by atoms with E-state index in [-0.39, 0.29) is 29.8 Å². The first kappa shape index (κ1) is 40.5. The SMILES string of the molecule is C.CC1(C)OB(B2OC(C)(C)C(C)(C)O2)OC1(C)C.CC1(C)OB(c2cnc(N)cc2C#N)OC1(C)C.N#Cc1cc(N)ncc1Br. The van der Waals surface area contributed by atoms with E-state index in [0.29, 0.717) is 32.7 Å². The van der Waals surface area contributed by atoms with Gasteiger partial charge in [-0.1, -0.05) is 7.43 Å². The van der Waals surface area contributed by atoms with Crippen LogP contribution in [0, 0.1) is 22.7 Å². The smallest absolute Gasteiger partial charge is 0.405 e. The van der Waals surface area contributed by atoms with Gasteiger partial charge < -0.3 is 39.4 Å². The zero-order valence-corrected chi connectivity index (χ0v) is 30.4. The van der Waals surface area contributed by atoms with Crippen LogP contribution in [-0.4, -0.2) is 64.7 Å². The molecule has 3 fully saturated rings. The van der Waals surface area contributed by atoms with Crippen LogP contribution in [0.4, 0.5) is 11.6 Å². The Morgan fingerprint density at radius 3 is 1.26 bits per heavy atom. The lowest BCUT2D eigenvalue weighted by Crippen LogP contribution is -2.41. The summed E-state index contributed by atoms with van der Waals surface area (Å²) in [5.74, 6) is 0.673. The minimum Gasteiger partial charge on any atom is -0.405 e. The van der Waals surface area contributed by atoms with Gasteiger partial charge in [0, 0.05) is 17.9 Å². The number of nitriles is 2. The average molecular weight is 713 g/mol. The monoisotopic (exact) mass is 712 g/mol. The van der Waals surface area contributed by atoms with Gasteiger partial charge in [-0.3, -0.25) is 0 Å². The summed E-state index contributed by atoms with van der Waals surface area (Å²) in [4.78, 5) is 7.76. The molecule has 0 amide bonds. The van der Waals surface area contributed by atoms with Gasteiger partial charge in [0.15, 0.2) is 0 Å². The molecule has 3 saturated heterocycles. The number of nitrogens with zero attached hydrogens (tertiary/aromatic N) is 4. The Bertz CT molecular complexity index is 1440. The molecule has 0 radical (unpaired) electrons. The highest BCUT2D eigenvalue weighted by molar-refractivity contribution is 9.10. The van der Waals surface area contributed by atoms with Crippen LogP contribution >= 0.6 is 15.9 Å². The highest BCUT2D eigenvalue weighted by Crippen LogP contribution is 2.43. The van der Waals surface area contributed by atoms with Crippen molar-refractivity contribution in [3.63, 3.8) is 0 Å². The van der Waals surface area contributed by atoms with Crippen LogP contribution in [0.15, 0.2) is 29.0 Å². The van der Waals surface area contributed by atoms with Crippen LogP contribution in [0.5, 0.6) is 0 Å². The van der Waals surface area contributed by atoms with Crippen molar-refractivity contribution in [2.75, 3.05) is 11.5 Å². The summed E-state index contributed by atoms with van der Waals surface area (Å²) in [5, 5.41) is 17.6. The molecule has 5 heterocycles. The van der Waals surface area contributed by atoms with E-state index >= 15 is 0 Å². The molecule has 0 atom stereocenters. The Labute approximate surface area is 289 Å². The van der Waals surface area contributed by atoms with E-state index in [2.05, 4.69) is 32.0 Å². The summed E-state index contributed by atoms with van der Waals surface area (Å²) < 4.78 is 36.3. The summed E-state index contributed by atoms with van der Waals surface area (Å²) in [6, 6.07) is 7.10. The van der Waals surface area contributed by atoms with E-state index in [1.807, 2.05) is 89.2 Å². The standard InChI is InChI=1S/C12H24B2O4.C12H16BN3O2.C6H4BrN3.CH4/c1-9(2)10(3,4)16-13(15-9)14-17-11(5,6)12(7,8)18-14;1-11(2)12(3,4)18-13(17-11)9-7-16-10(15)5-8(9)6-14;7-5-3-10-6(9)1-4(5)2-8;/h1-8H3;5,7H,1-4H3,(H2,15,16);1,3H,(H2,9,10);1H4.